The molecule has 1 aliphatic carbocycles. The molecule has 0 radical (unpaired) electrons. The fourth-order valence-corrected chi connectivity index (χ4v) is 3.81. The van der Waals surface area contributed by atoms with Crippen molar-refractivity contribution in [3.05, 3.63) is 29.8 Å². The van der Waals surface area contributed by atoms with Gasteiger partial charge in [0.15, 0.2) is 0 Å². The zero-order chi connectivity index (χ0) is 17.4. The first-order valence-corrected chi connectivity index (χ1v) is 9.25. The molecule has 1 amide bonds. The summed E-state index contributed by atoms with van der Waals surface area (Å²) < 4.78 is 5.40. The molecular formula is C20H32N2O2. The molecule has 2 unspecified atom stereocenters. The van der Waals surface area contributed by atoms with Gasteiger partial charge < -0.3 is 15.8 Å². The molecule has 4 nitrogen and oxygen atoms in total. The first kappa shape index (κ1) is 18.8. The molecule has 0 aliphatic heterocycles. The number of ether oxygens (including phenoxy) is 1. The van der Waals surface area contributed by atoms with E-state index in [0.717, 1.165) is 17.7 Å². The minimum Gasteiger partial charge on any atom is -0.496 e. The Bertz CT molecular complexity index is 512. The summed E-state index contributed by atoms with van der Waals surface area (Å²) in [6.07, 6.45) is 7.60. The lowest BCUT2D eigenvalue weighted by Crippen LogP contribution is -2.46. The number of carbonyl (C=O) groups is 1. The molecule has 1 aromatic carbocycles. The third-order valence-electron chi connectivity index (χ3n) is 5.11. The van der Waals surface area contributed by atoms with E-state index in [1.54, 1.807) is 7.11 Å². The van der Waals surface area contributed by atoms with Gasteiger partial charge in [0.05, 0.1) is 7.11 Å². The molecule has 0 saturated heterocycles. The molecule has 0 aromatic heterocycles. The van der Waals surface area contributed by atoms with Crippen molar-refractivity contribution in [1.82, 2.24) is 5.32 Å². The number of hydrogen-bond donors (Lipinski definition) is 2. The average Bonchev–Trinajstić information content (AvgIpc) is 2.60. The third kappa shape index (κ3) is 5.52. The van der Waals surface area contributed by atoms with Crippen LogP contribution in [0.1, 0.15) is 51.0 Å². The van der Waals surface area contributed by atoms with Gasteiger partial charge in [-0.25, -0.2) is 0 Å². The van der Waals surface area contributed by atoms with Gasteiger partial charge in [-0.15, -0.1) is 0 Å². The molecular weight excluding hydrogens is 300 g/mol. The lowest BCUT2D eigenvalue weighted by Gasteiger charge is -2.30. The van der Waals surface area contributed by atoms with E-state index in [2.05, 4.69) is 18.3 Å². The minimum absolute atomic E-state index is 0.124. The topological polar surface area (TPSA) is 64.3 Å². The lowest BCUT2D eigenvalue weighted by molar-refractivity contribution is -0.123. The first-order valence-electron chi connectivity index (χ1n) is 9.25. The van der Waals surface area contributed by atoms with Crippen LogP contribution in [0.4, 0.5) is 0 Å². The molecule has 1 aliphatic rings. The quantitative estimate of drug-likeness (QED) is 0.768. The van der Waals surface area contributed by atoms with Crippen LogP contribution in [0.2, 0.25) is 0 Å². The van der Waals surface area contributed by atoms with Crippen LogP contribution in [0.15, 0.2) is 24.3 Å². The summed E-state index contributed by atoms with van der Waals surface area (Å²) >= 11 is 0. The summed E-state index contributed by atoms with van der Waals surface area (Å²) in [5, 5.41) is 3.19. The Labute approximate surface area is 146 Å². The van der Waals surface area contributed by atoms with Gasteiger partial charge in [0.25, 0.3) is 0 Å². The van der Waals surface area contributed by atoms with Gasteiger partial charge in [-0.2, -0.15) is 0 Å². The third-order valence-corrected chi connectivity index (χ3v) is 5.11. The zero-order valence-electron chi connectivity index (χ0n) is 15.1. The fourth-order valence-electron chi connectivity index (χ4n) is 3.81. The van der Waals surface area contributed by atoms with E-state index in [0.29, 0.717) is 18.9 Å². The van der Waals surface area contributed by atoms with Crippen molar-refractivity contribution < 1.29 is 9.53 Å². The lowest BCUT2D eigenvalue weighted by atomic mass is 9.83. The summed E-state index contributed by atoms with van der Waals surface area (Å²) in [5.41, 5.74) is 7.07. The second kappa shape index (κ2) is 9.67. The number of benzene rings is 1. The number of rotatable bonds is 8. The summed E-state index contributed by atoms with van der Waals surface area (Å²) in [5.74, 6) is 1.84. The normalized spacial score (nSPS) is 18.0. The van der Waals surface area contributed by atoms with Crippen molar-refractivity contribution in [2.24, 2.45) is 17.6 Å². The van der Waals surface area contributed by atoms with Crippen LogP contribution in [-0.4, -0.2) is 25.6 Å². The monoisotopic (exact) mass is 332 g/mol. The van der Waals surface area contributed by atoms with Crippen LogP contribution in [0.5, 0.6) is 5.75 Å². The number of para-hydroxylation sites is 1. The summed E-state index contributed by atoms with van der Waals surface area (Å²) in [4.78, 5) is 12.4. The second-order valence-corrected chi connectivity index (χ2v) is 7.13. The van der Waals surface area contributed by atoms with Crippen LogP contribution in [0.25, 0.3) is 0 Å². The van der Waals surface area contributed by atoms with Crippen LogP contribution >= 0.6 is 0 Å². The number of amides is 1. The molecule has 134 valence electrons. The summed E-state index contributed by atoms with van der Waals surface area (Å²) in [6, 6.07) is 8.15. The Kier molecular flexibility index (Phi) is 7.57. The van der Waals surface area contributed by atoms with E-state index in [9.17, 15) is 4.79 Å². The highest BCUT2D eigenvalue weighted by atomic mass is 16.5. The smallest absolute Gasteiger partial charge is 0.220 e. The Hall–Kier alpha value is -1.55. The SMILES string of the molecule is COc1ccccc1CC(C)CC(=O)NC(CN)C1CCCCC1. The fraction of sp³-hybridized carbons (Fsp3) is 0.650. The highest BCUT2D eigenvalue weighted by Gasteiger charge is 2.24. The minimum atomic E-state index is 0.124. The zero-order valence-corrected chi connectivity index (χ0v) is 15.1. The number of nitrogens with two attached hydrogens (primary N) is 1. The number of methoxy groups -OCH3 is 1. The molecule has 1 fully saturated rings. The van der Waals surface area contributed by atoms with Crippen LogP contribution in [0.3, 0.4) is 0 Å². The van der Waals surface area contributed by atoms with Gasteiger partial charge in [-0.3, -0.25) is 4.79 Å². The Morgan fingerprint density at radius 1 is 1.29 bits per heavy atom. The van der Waals surface area contributed by atoms with E-state index in [4.69, 9.17) is 10.5 Å². The molecule has 0 bridgehead atoms. The van der Waals surface area contributed by atoms with Gasteiger partial charge in [0.1, 0.15) is 5.75 Å². The van der Waals surface area contributed by atoms with Crippen molar-refractivity contribution in [3.8, 4) is 5.75 Å². The number of nitrogens with one attached hydrogen (secondary N) is 1. The highest BCUT2D eigenvalue weighted by molar-refractivity contribution is 5.76. The van der Waals surface area contributed by atoms with Gasteiger partial charge in [0.2, 0.25) is 5.91 Å². The molecule has 3 N–H and O–H groups in total. The maximum Gasteiger partial charge on any atom is 0.220 e. The van der Waals surface area contributed by atoms with E-state index in [1.807, 2.05) is 18.2 Å². The molecule has 24 heavy (non-hydrogen) atoms. The predicted octanol–water partition coefficient (Wildman–Crippen LogP) is 3.29. The summed E-state index contributed by atoms with van der Waals surface area (Å²) in [6.45, 7) is 2.65. The Morgan fingerprint density at radius 2 is 2.00 bits per heavy atom. The van der Waals surface area contributed by atoms with Crippen molar-refractivity contribution in [1.29, 1.82) is 0 Å². The summed E-state index contributed by atoms with van der Waals surface area (Å²) in [7, 11) is 1.69. The van der Waals surface area contributed by atoms with Crippen LogP contribution < -0.4 is 15.8 Å². The van der Waals surface area contributed by atoms with Crippen molar-refractivity contribution in [3.63, 3.8) is 0 Å². The van der Waals surface area contributed by atoms with E-state index < -0.39 is 0 Å². The standard InChI is InChI=1S/C20H32N2O2/c1-15(12-17-10-6-7-11-19(17)24-2)13-20(23)22-18(14-21)16-8-4-3-5-9-16/h6-7,10-11,15-16,18H,3-5,8-9,12-14,21H2,1-2H3,(H,22,23). The maximum absolute atomic E-state index is 12.4. The van der Waals surface area contributed by atoms with Crippen molar-refractivity contribution in [2.75, 3.05) is 13.7 Å². The Morgan fingerprint density at radius 3 is 2.67 bits per heavy atom. The first-order chi connectivity index (χ1) is 11.6. The molecule has 2 rings (SSSR count). The number of carbonyl (C=O) groups excluding carboxylic acids is 1. The molecule has 4 heteroatoms. The van der Waals surface area contributed by atoms with Gasteiger partial charge in [0, 0.05) is 19.0 Å². The van der Waals surface area contributed by atoms with E-state index in [-0.39, 0.29) is 17.9 Å². The van der Waals surface area contributed by atoms with Crippen molar-refractivity contribution in [2.45, 2.75) is 57.9 Å². The Balaban J connectivity index is 1.84. The van der Waals surface area contributed by atoms with Crippen LogP contribution in [-0.2, 0) is 11.2 Å². The number of hydrogen-bond acceptors (Lipinski definition) is 3. The largest absolute Gasteiger partial charge is 0.496 e. The molecule has 1 saturated carbocycles. The molecule has 0 spiro atoms. The van der Waals surface area contributed by atoms with E-state index in [1.165, 1.54) is 32.1 Å². The van der Waals surface area contributed by atoms with E-state index >= 15 is 0 Å². The van der Waals surface area contributed by atoms with Gasteiger partial charge >= 0.3 is 0 Å². The molecule has 2 atom stereocenters. The average molecular weight is 332 g/mol. The van der Waals surface area contributed by atoms with Crippen molar-refractivity contribution >= 4 is 5.91 Å². The van der Waals surface area contributed by atoms with Gasteiger partial charge in [-0.1, -0.05) is 44.4 Å². The molecule has 0 heterocycles. The van der Waals surface area contributed by atoms with Gasteiger partial charge in [-0.05, 0) is 42.7 Å². The van der Waals surface area contributed by atoms with Crippen LogP contribution in [0, 0.1) is 11.8 Å². The maximum atomic E-state index is 12.4. The highest BCUT2D eigenvalue weighted by Crippen LogP contribution is 2.26. The second-order valence-electron chi connectivity index (χ2n) is 7.13. The molecule has 1 aromatic rings. The predicted molar refractivity (Wildman–Crippen MR) is 98.0 cm³/mol.